The number of pyridine rings is 1. The number of aromatic nitrogens is 3. The third-order valence-electron chi connectivity index (χ3n) is 5.34. The summed E-state index contributed by atoms with van der Waals surface area (Å²) >= 11 is 0. The molecule has 14 heteroatoms. The van der Waals surface area contributed by atoms with Gasteiger partial charge in [-0.05, 0) is 48.0 Å². The van der Waals surface area contributed by atoms with Crippen LogP contribution in [0.5, 0.6) is 0 Å². The Morgan fingerprint density at radius 1 is 1.03 bits per heavy atom. The van der Waals surface area contributed by atoms with Gasteiger partial charge >= 0.3 is 6.09 Å². The van der Waals surface area contributed by atoms with E-state index in [1.54, 1.807) is 0 Å². The summed E-state index contributed by atoms with van der Waals surface area (Å²) in [6.07, 6.45) is 2.43. The first-order chi connectivity index (χ1) is 18.1. The molecule has 0 atom stereocenters. The van der Waals surface area contributed by atoms with Gasteiger partial charge in [0.15, 0.2) is 5.82 Å². The number of benzene rings is 2. The first-order valence-electron chi connectivity index (χ1n) is 10.7. The molecule has 2 heterocycles. The van der Waals surface area contributed by atoms with E-state index in [1.165, 1.54) is 30.7 Å². The van der Waals surface area contributed by atoms with Crippen LogP contribution in [0.25, 0.3) is 22.4 Å². The highest BCUT2D eigenvalue weighted by Gasteiger charge is 2.38. The van der Waals surface area contributed by atoms with Crippen molar-refractivity contribution in [2.75, 3.05) is 18.1 Å². The van der Waals surface area contributed by atoms with Gasteiger partial charge in [-0.2, -0.15) is 9.40 Å². The minimum Gasteiger partial charge on any atom is -0.452 e. The summed E-state index contributed by atoms with van der Waals surface area (Å²) in [4.78, 5) is 15.1. The monoisotopic (exact) mass is 552 g/mol. The fourth-order valence-corrected chi connectivity index (χ4v) is 5.09. The minimum absolute atomic E-state index is 0.138. The van der Waals surface area contributed by atoms with Gasteiger partial charge in [0, 0.05) is 24.2 Å². The number of amides is 1. The highest BCUT2D eigenvalue weighted by molar-refractivity contribution is 7.93. The Morgan fingerprint density at radius 3 is 2.37 bits per heavy atom. The molecule has 38 heavy (non-hydrogen) atoms. The van der Waals surface area contributed by atoms with Gasteiger partial charge in [-0.15, -0.1) is 0 Å². The summed E-state index contributed by atoms with van der Waals surface area (Å²) in [5.41, 5.74) is -1.74. The van der Waals surface area contributed by atoms with Gasteiger partial charge < -0.3 is 4.74 Å². The van der Waals surface area contributed by atoms with Crippen LogP contribution in [0.2, 0.25) is 0 Å². The zero-order chi connectivity index (χ0) is 27.6. The van der Waals surface area contributed by atoms with Crippen molar-refractivity contribution in [2.45, 2.75) is 11.4 Å². The molecule has 0 saturated heterocycles. The maximum absolute atomic E-state index is 16.0. The summed E-state index contributed by atoms with van der Waals surface area (Å²) in [6, 6.07) is 5.71. The van der Waals surface area contributed by atoms with Gasteiger partial charge in [0.2, 0.25) is 0 Å². The van der Waals surface area contributed by atoms with Gasteiger partial charge in [0.1, 0.15) is 40.4 Å². The van der Waals surface area contributed by atoms with E-state index in [9.17, 15) is 26.4 Å². The molecular weight excluding hydrogens is 535 g/mol. The van der Waals surface area contributed by atoms with Gasteiger partial charge in [-0.25, -0.2) is 35.2 Å². The number of hydrogen-bond acceptors (Lipinski definition) is 6. The second-order valence-electron chi connectivity index (χ2n) is 7.65. The number of methoxy groups -OCH3 is 1. The second-order valence-corrected chi connectivity index (χ2v) is 9.40. The number of carbonyl (C=O) groups is 1. The van der Waals surface area contributed by atoms with E-state index in [2.05, 4.69) is 14.8 Å². The molecular formula is C24H17F5N4O4S. The molecule has 0 saturated carbocycles. The molecule has 1 amide bonds. The Balaban J connectivity index is 1.98. The third kappa shape index (κ3) is 4.81. The molecule has 0 aliphatic carbocycles. The zero-order valence-electron chi connectivity index (χ0n) is 19.4. The highest BCUT2D eigenvalue weighted by atomic mass is 32.2. The molecule has 4 rings (SSSR count). The van der Waals surface area contributed by atoms with E-state index in [0.29, 0.717) is 35.9 Å². The van der Waals surface area contributed by atoms with Gasteiger partial charge in [-0.1, -0.05) is 0 Å². The molecule has 0 radical (unpaired) electrons. The standard InChI is InChI=1S/C24H17F5N4O4S/c1-37-24(34)33(38(35,36)20-12-15(26)2-3-17(20)27)19-5-4-18(28)21(22(19)29)23-16(13-32(31-23)11-8-25)14-6-9-30-10-7-14/h2-7,9-10,12-13H,8,11H2,1H3. The average molecular weight is 552 g/mol. The van der Waals surface area contributed by atoms with Crippen LogP contribution in [0.3, 0.4) is 0 Å². The average Bonchev–Trinajstić information content (AvgIpc) is 3.30. The number of anilines is 1. The number of hydrogen-bond donors (Lipinski definition) is 0. The Hall–Kier alpha value is -4.33. The lowest BCUT2D eigenvalue weighted by Gasteiger charge is -2.23. The van der Waals surface area contributed by atoms with Crippen molar-refractivity contribution in [3.63, 3.8) is 0 Å². The fraction of sp³-hybridized carbons (Fsp3) is 0.125. The number of halogens is 5. The van der Waals surface area contributed by atoms with Crippen LogP contribution in [0.15, 0.2) is 66.0 Å². The second kappa shape index (κ2) is 10.6. The Bertz CT molecular complexity index is 1610. The van der Waals surface area contributed by atoms with Crippen molar-refractivity contribution in [2.24, 2.45) is 0 Å². The van der Waals surface area contributed by atoms with E-state index in [1.807, 2.05) is 0 Å². The van der Waals surface area contributed by atoms with Crippen LogP contribution in [-0.4, -0.2) is 43.1 Å². The predicted molar refractivity (Wildman–Crippen MR) is 125 cm³/mol. The Kier molecular flexibility index (Phi) is 7.44. The molecule has 8 nitrogen and oxygen atoms in total. The molecule has 0 aliphatic rings. The summed E-state index contributed by atoms with van der Waals surface area (Å²) < 4.78 is 104. The summed E-state index contributed by atoms with van der Waals surface area (Å²) in [6.45, 7) is -1.11. The lowest BCUT2D eigenvalue weighted by atomic mass is 10.0. The minimum atomic E-state index is -5.32. The molecule has 0 N–H and O–H groups in total. The van der Waals surface area contributed by atoms with Crippen molar-refractivity contribution < 1.29 is 39.9 Å². The first kappa shape index (κ1) is 26.7. The van der Waals surface area contributed by atoms with Gasteiger partial charge in [0.05, 0.1) is 19.2 Å². The van der Waals surface area contributed by atoms with Crippen molar-refractivity contribution >= 4 is 21.8 Å². The highest BCUT2D eigenvalue weighted by Crippen LogP contribution is 2.39. The van der Waals surface area contributed by atoms with Crippen LogP contribution in [0, 0.1) is 23.3 Å². The molecule has 2 aromatic heterocycles. The SMILES string of the molecule is COC(=O)N(c1ccc(F)c(-c2nn(CCF)cc2-c2ccncc2)c1F)S(=O)(=O)c1cc(F)ccc1F. The Labute approximate surface area is 213 Å². The smallest absolute Gasteiger partial charge is 0.428 e. The van der Waals surface area contributed by atoms with Crippen molar-refractivity contribution in [1.29, 1.82) is 0 Å². The quantitative estimate of drug-likeness (QED) is 0.296. The van der Waals surface area contributed by atoms with Crippen LogP contribution in [0.1, 0.15) is 0 Å². The summed E-state index contributed by atoms with van der Waals surface area (Å²) in [5, 5.41) is 4.06. The molecule has 2 aromatic carbocycles. The normalized spacial score (nSPS) is 11.4. The van der Waals surface area contributed by atoms with Crippen molar-refractivity contribution in [3.8, 4) is 22.4 Å². The summed E-state index contributed by atoms with van der Waals surface area (Å²) in [7, 11) is -4.55. The van der Waals surface area contributed by atoms with Crippen molar-refractivity contribution in [1.82, 2.24) is 14.8 Å². The Morgan fingerprint density at radius 2 is 1.71 bits per heavy atom. The molecule has 0 aliphatic heterocycles. The molecule has 0 bridgehead atoms. The van der Waals surface area contributed by atoms with Crippen LogP contribution in [-0.2, 0) is 21.3 Å². The number of carbonyl (C=O) groups excluding carboxylic acids is 1. The van der Waals surface area contributed by atoms with E-state index < -0.39 is 62.2 Å². The fourth-order valence-electron chi connectivity index (χ4n) is 3.65. The van der Waals surface area contributed by atoms with E-state index >= 15 is 8.78 Å². The number of ether oxygens (including phenoxy) is 1. The van der Waals surface area contributed by atoms with Crippen LogP contribution in [0.4, 0.5) is 32.4 Å². The predicted octanol–water partition coefficient (Wildman–Crippen LogP) is 5.10. The number of aryl methyl sites for hydroxylation is 1. The third-order valence-corrected chi connectivity index (χ3v) is 7.04. The lowest BCUT2D eigenvalue weighted by molar-refractivity contribution is 0.183. The molecule has 4 aromatic rings. The van der Waals surface area contributed by atoms with Gasteiger partial charge in [0.25, 0.3) is 10.0 Å². The van der Waals surface area contributed by atoms with E-state index in [4.69, 9.17) is 0 Å². The summed E-state index contributed by atoms with van der Waals surface area (Å²) in [5.74, 6) is -5.38. The molecule has 0 spiro atoms. The topological polar surface area (TPSA) is 94.4 Å². The number of sulfonamides is 1. The van der Waals surface area contributed by atoms with Crippen LogP contribution >= 0.6 is 0 Å². The first-order valence-corrected chi connectivity index (χ1v) is 12.1. The largest absolute Gasteiger partial charge is 0.452 e. The van der Waals surface area contributed by atoms with E-state index in [-0.39, 0.29) is 22.1 Å². The number of nitrogens with zero attached hydrogens (tertiary/aromatic N) is 4. The molecule has 0 unspecified atom stereocenters. The zero-order valence-corrected chi connectivity index (χ0v) is 20.2. The number of rotatable bonds is 7. The lowest BCUT2D eigenvalue weighted by Crippen LogP contribution is -2.38. The van der Waals surface area contributed by atoms with E-state index in [0.717, 1.165) is 11.8 Å². The van der Waals surface area contributed by atoms with Crippen molar-refractivity contribution in [3.05, 3.63) is 84.3 Å². The molecule has 198 valence electrons. The molecule has 0 fully saturated rings. The maximum atomic E-state index is 16.0. The van der Waals surface area contributed by atoms with Gasteiger partial charge in [-0.3, -0.25) is 9.67 Å². The number of alkyl halides is 1. The maximum Gasteiger partial charge on any atom is 0.428 e. The van der Waals surface area contributed by atoms with Crippen LogP contribution < -0.4 is 4.31 Å².